The lowest BCUT2D eigenvalue weighted by Gasteiger charge is -2.38. The van der Waals surface area contributed by atoms with Crippen LogP contribution in [-0.4, -0.2) is 35.2 Å². The maximum atomic E-state index is 6.08. The maximum absolute atomic E-state index is 6.08. The Hall–Kier alpha value is -0.0800. The lowest BCUT2D eigenvalue weighted by atomic mass is 9.91. The van der Waals surface area contributed by atoms with Crippen molar-refractivity contribution in [3.8, 4) is 0 Å². The topological polar surface area (TPSA) is 12.5 Å². The third-order valence-corrected chi connectivity index (χ3v) is 3.95. The van der Waals surface area contributed by atoms with Crippen LogP contribution in [0.1, 0.15) is 53.4 Å². The molecule has 2 nitrogen and oxygen atoms in total. The molecule has 2 heteroatoms. The normalized spacial score (nSPS) is 38.8. The molecule has 1 spiro atoms. The predicted molar refractivity (Wildman–Crippen MR) is 63.1 cm³/mol. The van der Waals surface area contributed by atoms with Crippen molar-refractivity contribution in [2.75, 3.05) is 13.2 Å². The summed E-state index contributed by atoms with van der Waals surface area (Å²) in [4.78, 5) is 2.61. The van der Waals surface area contributed by atoms with E-state index in [0.717, 1.165) is 13.2 Å². The lowest BCUT2D eigenvalue weighted by Crippen LogP contribution is -2.46. The molecule has 2 rings (SSSR count). The monoisotopic (exact) mass is 211 g/mol. The summed E-state index contributed by atoms with van der Waals surface area (Å²) >= 11 is 0. The molecule has 2 aliphatic rings. The van der Waals surface area contributed by atoms with Gasteiger partial charge in [0.1, 0.15) is 0 Å². The van der Waals surface area contributed by atoms with Crippen molar-refractivity contribution >= 4 is 0 Å². The van der Waals surface area contributed by atoms with Crippen molar-refractivity contribution in [3.63, 3.8) is 0 Å². The summed E-state index contributed by atoms with van der Waals surface area (Å²) in [5, 5.41) is 0. The quantitative estimate of drug-likeness (QED) is 0.611. The molecule has 0 saturated carbocycles. The van der Waals surface area contributed by atoms with Crippen molar-refractivity contribution in [1.82, 2.24) is 4.90 Å². The minimum atomic E-state index is 0.199. The smallest absolute Gasteiger partial charge is 0.0823 e. The number of ether oxygens (including phenoxy) is 1. The standard InChI is InChI=1S/C13H25NO/c1-11-9-13(7-5-6-8-15-13)10-14(11)12(2,3)4/h11H,5-10H2,1-4H3. The van der Waals surface area contributed by atoms with Gasteiger partial charge in [-0.3, -0.25) is 4.90 Å². The Kier molecular flexibility index (Phi) is 2.85. The molecule has 88 valence electrons. The third-order valence-electron chi connectivity index (χ3n) is 3.95. The molecule has 2 heterocycles. The molecule has 2 fully saturated rings. The molecule has 2 aliphatic heterocycles. The zero-order chi connectivity index (χ0) is 11.1. The van der Waals surface area contributed by atoms with E-state index >= 15 is 0 Å². The zero-order valence-electron chi connectivity index (χ0n) is 10.7. The predicted octanol–water partition coefficient (Wildman–Crippen LogP) is 2.82. The highest BCUT2D eigenvalue weighted by atomic mass is 16.5. The van der Waals surface area contributed by atoms with E-state index < -0.39 is 0 Å². The van der Waals surface area contributed by atoms with Crippen LogP contribution in [0.15, 0.2) is 0 Å². The average Bonchev–Trinajstić information content (AvgIpc) is 2.44. The molecule has 2 atom stereocenters. The van der Waals surface area contributed by atoms with Crippen LogP contribution in [0, 0.1) is 0 Å². The Labute approximate surface area is 94.0 Å². The Balaban J connectivity index is 2.08. The van der Waals surface area contributed by atoms with E-state index in [9.17, 15) is 0 Å². The fourth-order valence-corrected chi connectivity index (χ4v) is 3.27. The molecule has 2 saturated heterocycles. The number of likely N-dealkylation sites (tertiary alicyclic amines) is 1. The first kappa shape index (κ1) is 11.4. The van der Waals surface area contributed by atoms with E-state index in [0.29, 0.717) is 6.04 Å². The molecule has 0 aromatic carbocycles. The Morgan fingerprint density at radius 3 is 2.47 bits per heavy atom. The van der Waals surface area contributed by atoms with Gasteiger partial charge in [-0.15, -0.1) is 0 Å². The van der Waals surface area contributed by atoms with E-state index in [4.69, 9.17) is 4.74 Å². The van der Waals surface area contributed by atoms with Crippen LogP contribution in [-0.2, 0) is 4.74 Å². The van der Waals surface area contributed by atoms with E-state index in [1.54, 1.807) is 0 Å². The van der Waals surface area contributed by atoms with Crippen molar-refractivity contribution in [2.45, 2.75) is 70.6 Å². The SMILES string of the molecule is CC1CC2(CCCCO2)CN1C(C)(C)C. The highest BCUT2D eigenvalue weighted by Crippen LogP contribution is 2.40. The molecular formula is C13H25NO. The van der Waals surface area contributed by atoms with Crippen LogP contribution >= 0.6 is 0 Å². The average molecular weight is 211 g/mol. The summed E-state index contributed by atoms with van der Waals surface area (Å²) in [7, 11) is 0. The van der Waals surface area contributed by atoms with E-state index in [1.165, 1.54) is 25.7 Å². The molecule has 0 aliphatic carbocycles. The highest BCUT2D eigenvalue weighted by molar-refractivity contribution is 5.01. The molecule has 0 radical (unpaired) electrons. The summed E-state index contributed by atoms with van der Waals surface area (Å²) in [6, 6.07) is 0.670. The van der Waals surface area contributed by atoms with Gasteiger partial charge in [-0.25, -0.2) is 0 Å². The van der Waals surface area contributed by atoms with Gasteiger partial charge in [-0.1, -0.05) is 0 Å². The Bertz CT molecular complexity index is 225. The number of rotatable bonds is 0. The number of hydrogen-bond acceptors (Lipinski definition) is 2. The van der Waals surface area contributed by atoms with Crippen LogP contribution in [0.4, 0.5) is 0 Å². The zero-order valence-corrected chi connectivity index (χ0v) is 10.7. The minimum Gasteiger partial charge on any atom is -0.374 e. The maximum Gasteiger partial charge on any atom is 0.0823 e. The van der Waals surface area contributed by atoms with E-state index in [2.05, 4.69) is 32.6 Å². The second-order valence-corrected chi connectivity index (χ2v) is 6.34. The van der Waals surface area contributed by atoms with Gasteiger partial charge in [-0.2, -0.15) is 0 Å². The fraction of sp³-hybridized carbons (Fsp3) is 1.00. The fourth-order valence-electron chi connectivity index (χ4n) is 3.27. The van der Waals surface area contributed by atoms with Gasteiger partial charge in [0, 0.05) is 24.7 Å². The second-order valence-electron chi connectivity index (χ2n) is 6.34. The van der Waals surface area contributed by atoms with E-state index in [1.807, 2.05) is 0 Å². The van der Waals surface area contributed by atoms with E-state index in [-0.39, 0.29) is 11.1 Å². The second kappa shape index (κ2) is 3.74. The van der Waals surface area contributed by atoms with Gasteiger partial charge in [0.15, 0.2) is 0 Å². The molecule has 0 aromatic rings. The number of nitrogens with zero attached hydrogens (tertiary/aromatic N) is 1. The summed E-state index contributed by atoms with van der Waals surface area (Å²) < 4.78 is 6.08. The van der Waals surface area contributed by atoms with Crippen LogP contribution in [0.25, 0.3) is 0 Å². The summed E-state index contributed by atoms with van der Waals surface area (Å²) in [5.41, 5.74) is 0.481. The van der Waals surface area contributed by atoms with Gasteiger partial charge in [0.05, 0.1) is 5.60 Å². The van der Waals surface area contributed by atoms with Crippen LogP contribution < -0.4 is 0 Å². The van der Waals surface area contributed by atoms with Gasteiger partial charge >= 0.3 is 0 Å². The first-order valence-corrected chi connectivity index (χ1v) is 6.34. The number of hydrogen-bond donors (Lipinski definition) is 0. The molecule has 0 aromatic heterocycles. The van der Waals surface area contributed by atoms with Gasteiger partial charge in [0.2, 0.25) is 0 Å². The molecule has 0 N–H and O–H groups in total. The van der Waals surface area contributed by atoms with Gasteiger partial charge in [0.25, 0.3) is 0 Å². The summed E-state index contributed by atoms with van der Waals surface area (Å²) in [6.45, 7) is 11.4. The molecule has 0 bridgehead atoms. The van der Waals surface area contributed by atoms with Crippen molar-refractivity contribution in [2.24, 2.45) is 0 Å². The van der Waals surface area contributed by atoms with Crippen molar-refractivity contribution in [1.29, 1.82) is 0 Å². The lowest BCUT2D eigenvalue weighted by molar-refractivity contribution is -0.0736. The molecule has 0 amide bonds. The largest absolute Gasteiger partial charge is 0.374 e. The minimum absolute atomic E-state index is 0.199. The molecular weight excluding hydrogens is 186 g/mol. The Morgan fingerprint density at radius 1 is 1.27 bits per heavy atom. The summed E-state index contributed by atoms with van der Waals surface area (Å²) in [6.07, 6.45) is 5.10. The van der Waals surface area contributed by atoms with Crippen LogP contribution in [0.5, 0.6) is 0 Å². The van der Waals surface area contributed by atoms with Crippen molar-refractivity contribution < 1.29 is 4.74 Å². The summed E-state index contributed by atoms with van der Waals surface area (Å²) in [5.74, 6) is 0. The first-order chi connectivity index (χ1) is 6.93. The van der Waals surface area contributed by atoms with Gasteiger partial charge in [-0.05, 0) is 53.4 Å². The first-order valence-electron chi connectivity index (χ1n) is 6.34. The van der Waals surface area contributed by atoms with Crippen LogP contribution in [0.3, 0.4) is 0 Å². The molecule has 15 heavy (non-hydrogen) atoms. The third kappa shape index (κ3) is 2.21. The highest BCUT2D eigenvalue weighted by Gasteiger charge is 2.46. The Morgan fingerprint density at radius 2 is 2.00 bits per heavy atom. The van der Waals surface area contributed by atoms with Crippen LogP contribution in [0.2, 0.25) is 0 Å². The van der Waals surface area contributed by atoms with Crippen molar-refractivity contribution in [3.05, 3.63) is 0 Å². The van der Waals surface area contributed by atoms with Gasteiger partial charge < -0.3 is 4.74 Å². The molecule has 2 unspecified atom stereocenters.